The molecular weight excluding hydrogens is 352 g/mol. The van der Waals surface area contributed by atoms with Gasteiger partial charge in [-0.2, -0.15) is 0 Å². The number of hydrogen-bond donors (Lipinski definition) is 2. The lowest BCUT2D eigenvalue weighted by Gasteiger charge is -2.10. The molecule has 1 aliphatic rings. The van der Waals surface area contributed by atoms with Gasteiger partial charge in [0.15, 0.2) is 5.13 Å². The van der Waals surface area contributed by atoms with Crippen LogP contribution in [0.5, 0.6) is 0 Å². The van der Waals surface area contributed by atoms with Gasteiger partial charge in [0.2, 0.25) is 11.8 Å². The molecule has 8 heteroatoms. The summed E-state index contributed by atoms with van der Waals surface area (Å²) in [6.07, 6.45) is 1.41. The number of benzene rings is 1. The molecule has 1 aromatic heterocycles. The Morgan fingerprint density at radius 2 is 2.08 bits per heavy atom. The Bertz CT molecular complexity index is 862. The third-order valence-electron chi connectivity index (χ3n) is 4.13. The highest BCUT2D eigenvalue weighted by atomic mass is 32.1. The molecule has 2 aromatic rings. The van der Waals surface area contributed by atoms with Crippen LogP contribution in [0.2, 0.25) is 0 Å². The summed E-state index contributed by atoms with van der Waals surface area (Å²) in [6.45, 7) is 4.47. The number of anilines is 1. The fourth-order valence-corrected chi connectivity index (χ4v) is 3.69. The smallest absolute Gasteiger partial charge is 0.269 e. The summed E-state index contributed by atoms with van der Waals surface area (Å²) in [5.74, 6) is -0.665. The second-order valence-electron chi connectivity index (χ2n) is 6.27. The molecule has 7 nitrogen and oxygen atoms in total. The lowest BCUT2D eigenvalue weighted by atomic mass is 10.1. The molecule has 1 aliphatic heterocycles. The monoisotopic (exact) mass is 372 g/mol. The zero-order chi connectivity index (χ0) is 18.7. The van der Waals surface area contributed by atoms with Gasteiger partial charge in [0, 0.05) is 23.9 Å². The van der Waals surface area contributed by atoms with E-state index in [0.29, 0.717) is 29.4 Å². The number of nitrogens with one attached hydrogen (secondary N) is 2. The molecule has 1 aromatic carbocycles. The van der Waals surface area contributed by atoms with E-state index in [1.54, 1.807) is 16.3 Å². The number of thiazole rings is 1. The van der Waals surface area contributed by atoms with Crippen molar-refractivity contribution in [1.82, 2.24) is 15.8 Å². The summed E-state index contributed by atoms with van der Waals surface area (Å²) < 4.78 is 0. The van der Waals surface area contributed by atoms with E-state index in [-0.39, 0.29) is 24.1 Å². The zero-order valence-corrected chi connectivity index (χ0v) is 15.5. The molecule has 3 rings (SSSR count). The van der Waals surface area contributed by atoms with Crippen LogP contribution in [0.4, 0.5) is 5.13 Å². The van der Waals surface area contributed by atoms with Crippen molar-refractivity contribution >= 4 is 34.2 Å². The Labute approximate surface area is 155 Å². The molecule has 0 radical (unpaired) electrons. The Balaban J connectivity index is 1.53. The molecule has 26 heavy (non-hydrogen) atoms. The van der Waals surface area contributed by atoms with Gasteiger partial charge in [-0.15, -0.1) is 11.3 Å². The van der Waals surface area contributed by atoms with Crippen molar-refractivity contribution in [1.29, 1.82) is 0 Å². The van der Waals surface area contributed by atoms with E-state index in [4.69, 9.17) is 0 Å². The number of aromatic nitrogens is 1. The highest BCUT2D eigenvalue weighted by molar-refractivity contribution is 7.14. The summed E-state index contributed by atoms with van der Waals surface area (Å²) in [4.78, 5) is 41.9. The van der Waals surface area contributed by atoms with E-state index in [9.17, 15) is 14.4 Å². The fraction of sp³-hybridized carbons (Fsp3) is 0.333. The van der Waals surface area contributed by atoms with Crippen molar-refractivity contribution in [2.45, 2.75) is 33.1 Å². The summed E-state index contributed by atoms with van der Waals surface area (Å²) in [6, 6.07) is 5.49. The van der Waals surface area contributed by atoms with Crippen molar-refractivity contribution in [2.24, 2.45) is 0 Å². The molecule has 0 aliphatic carbocycles. The maximum Gasteiger partial charge on any atom is 0.269 e. The van der Waals surface area contributed by atoms with Gasteiger partial charge in [-0.25, -0.2) is 4.98 Å². The second kappa shape index (κ2) is 7.65. The summed E-state index contributed by atoms with van der Waals surface area (Å²) in [7, 11) is 0. The molecule has 1 fully saturated rings. The van der Waals surface area contributed by atoms with Crippen LogP contribution in [-0.4, -0.2) is 29.3 Å². The van der Waals surface area contributed by atoms with Gasteiger partial charge in [-0.05, 0) is 31.9 Å². The van der Waals surface area contributed by atoms with Crippen molar-refractivity contribution in [3.8, 4) is 0 Å². The highest BCUT2D eigenvalue weighted by Gasteiger charge is 2.24. The molecule has 0 unspecified atom stereocenters. The van der Waals surface area contributed by atoms with Gasteiger partial charge in [0.05, 0.1) is 12.1 Å². The van der Waals surface area contributed by atoms with E-state index >= 15 is 0 Å². The van der Waals surface area contributed by atoms with Crippen LogP contribution in [-0.2, 0) is 16.0 Å². The number of rotatable bonds is 4. The number of carbonyl (C=O) groups is 3. The predicted octanol–water partition coefficient (Wildman–Crippen LogP) is 1.89. The lowest BCUT2D eigenvalue weighted by molar-refractivity contribution is -0.121. The minimum absolute atomic E-state index is 0.0334. The van der Waals surface area contributed by atoms with Crippen LogP contribution in [0.15, 0.2) is 23.6 Å². The van der Waals surface area contributed by atoms with Crippen LogP contribution < -0.4 is 15.8 Å². The summed E-state index contributed by atoms with van der Waals surface area (Å²) in [5, 5.41) is 2.38. The molecule has 136 valence electrons. The number of aryl methyl sites for hydroxylation is 2. The molecule has 3 amide bonds. The standard InChI is InChI=1S/C18H20N4O3S/c1-11-5-6-14(12(2)8-11)17(25)21-20-15(23)9-13-10-26-18(19-13)22-7-3-4-16(22)24/h5-6,8,10H,3-4,7,9H2,1-2H3,(H,20,23)(H,21,25). The van der Waals surface area contributed by atoms with Crippen LogP contribution in [0.3, 0.4) is 0 Å². The molecule has 0 saturated carbocycles. The van der Waals surface area contributed by atoms with Gasteiger partial charge in [0.1, 0.15) is 0 Å². The largest absolute Gasteiger partial charge is 0.288 e. The van der Waals surface area contributed by atoms with E-state index < -0.39 is 0 Å². The average Bonchev–Trinajstić information content (AvgIpc) is 3.21. The van der Waals surface area contributed by atoms with Gasteiger partial charge in [-0.3, -0.25) is 30.1 Å². The van der Waals surface area contributed by atoms with E-state index in [1.165, 1.54) is 11.3 Å². The molecule has 0 bridgehead atoms. The molecular formula is C18H20N4O3S. The first-order chi connectivity index (χ1) is 12.4. The third-order valence-corrected chi connectivity index (χ3v) is 5.04. The Kier molecular flexibility index (Phi) is 5.32. The van der Waals surface area contributed by atoms with Crippen molar-refractivity contribution in [3.63, 3.8) is 0 Å². The normalized spacial score (nSPS) is 13.8. The zero-order valence-electron chi connectivity index (χ0n) is 14.7. The number of carbonyl (C=O) groups excluding carboxylic acids is 3. The van der Waals surface area contributed by atoms with Crippen molar-refractivity contribution in [3.05, 3.63) is 46.0 Å². The summed E-state index contributed by atoms with van der Waals surface area (Å²) in [5.41, 5.74) is 7.82. The first-order valence-corrected chi connectivity index (χ1v) is 9.23. The third kappa shape index (κ3) is 4.08. The minimum atomic E-state index is -0.368. The maximum atomic E-state index is 12.2. The maximum absolute atomic E-state index is 12.2. The molecule has 1 saturated heterocycles. The van der Waals surface area contributed by atoms with Gasteiger partial charge >= 0.3 is 0 Å². The van der Waals surface area contributed by atoms with Crippen LogP contribution >= 0.6 is 11.3 Å². The number of nitrogens with zero attached hydrogens (tertiary/aromatic N) is 2. The molecule has 2 heterocycles. The van der Waals surface area contributed by atoms with Crippen molar-refractivity contribution < 1.29 is 14.4 Å². The van der Waals surface area contributed by atoms with E-state index in [1.807, 2.05) is 26.0 Å². The van der Waals surface area contributed by atoms with Crippen LogP contribution in [0.25, 0.3) is 0 Å². The van der Waals surface area contributed by atoms with Gasteiger partial charge in [-0.1, -0.05) is 17.7 Å². The predicted molar refractivity (Wildman–Crippen MR) is 98.9 cm³/mol. The topological polar surface area (TPSA) is 91.4 Å². The Morgan fingerprint density at radius 3 is 2.77 bits per heavy atom. The first-order valence-electron chi connectivity index (χ1n) is 8.35. The van der Waals surface area contributed by atoms with Gasteiger partial charge in [0.25, 0.3) is 5.91 Å². The quantitative estimate of drug-likeness (QED) is 0.802. The first kappa shape index (κ1) is 18.1. The van der Waals surface area contributed by atoms with Crippen LogP contribution in [0, 0.1) is 13.8 Å². The SMILES string of the molecule is Cc1ccc(C(=O)NNC(=O)Cc2csc(N3CCCC3=O)n2)c(C)c1. The number of amides is 3. The minimum Gasteiger partial charge on any atom is -0.288 e. The second-order valence-corrected chi connectivity index (χ2v) is 7.10. The van der Waals surface area contributed by atoms with Crippen LogP contribution in [0.1, 0.15) is 40.0 Å². The average molecular weight is 372 g/mol. The molecule has 2 N–H and O–H groups in total. The molecule has 0 spiro atoms. The fourth-order valence-electron chi connectivity index (χ4n) is 2.82. The Hall–Kier alpha value is -2.74. The van der Waals surface area contributed by atoms with E-state index in [2.05, 4.69) is 15.8 Å². The van der Waals surface area contributed by atoms with Gasteiger partial charge < -0.3 is 0 Å². The number of hydrogen-bond acceptors (Lipinski definition) is 5. The highest BCUT2D eigenvalue weighted by Crippen LogP contribution is 2.25. The number of hydrazine groups is 1. The lowest BCUT2D eigenvalue weighted by Crippen LogP contribution is -2.42. The van der Waals surface area contributed by atoms with Crippen molar-refractivity contribution in [2.75, 3.05) is 11.4 Å². The Morgan fingerprint density at radius 1 is 1.27 bits per heavy atom. The molecule has 0 atom stereocenters. The summed E-state index contributed by atoms with van der Waals surface area (Å²) >= 11 is 1.34. The van der Waals surface area contributed by atoms with E-state index in [0.717, 1.165) is 17.5 Å².